The van der Waals surface area contributed by atoms with E-state index in [-0.39, 0.29) is 22.3 Å². The normalized spacial score (nSPS) is 10.7. The third-order valence-electron chi connectivity index (χ3n) is 2.81. The Morgan fingerprint density at radius 1 is 1.43 bits per heavy atom. The van der Waals surface area contributed by atoms with Gasteiger partial charge in [-0.05, 0) is 19.9 Å². The molecule has 0 atom stereocenters. The number of amides is 1. The lowest BCUT2D eigenvalue weighted by molar-refractivity contribution is -0.384. The molecule has 0 fully saturated rings. The smallest absolute Gasteiger partial charge is 0.270 e. The highest BCUT2D eigenvalue weighted by molar-refractivity contribution is 6.34. The van der Waals surface area contributed by atoms with Gasteiger partial charge in [0.25, 0.3) is 11.6 Å². The van der Waals surface area contributed by atoms with Crippen LogP contribution in [0.3, 0.4) is 0 Å². The summed E-state index contributed by atoms with van der Waals surface area (Å²) < 4.78 is 1.63. The zero-order chi connectivity index (χ0) is 15.6. The predicted molar refractivity (Wildman–Crippen MR) is 78.7 cm³/mol. The molecule has 2 aromatic rings. The Kier molecular flexibility index (Phi) is 4.23. The van der Waals surface area contributed by atoms with Crippen molar-refractivity contribution >= 4 is 29.0 Å². The minimum atomic E-state index is -0.578. The molecule has 1 amide bonds. The fourth-order valence-electron chi connectivity index (χ4n) is 1.81. The van der Waals surface area contributed by atoms with Gasteiger partial charge in [0.05, 0.1) is 21.7 Å². The van der Waals surface area contributed by atoms with Gasteiger partial charge in [0.1, 0.15) is 5.82 Å². The topological polar surface area (TPSA) is 90.1 Å². The molecule has 0 spiro atoms. The van der Waals surface area contributed by atoms with Crippen molar-refractivity contribution in [1.29, 1.82) is 0 Å². The third-order valence-corrected chi connectivity index (χ3v) is 3.14. The number of non-ortho nitro benzene ring substituents is 1. The Bertz CT molecular complexity index is 696. The average Bonchev–Trinajstić information content (AvgIpc) is 2.87. The first kappa shape index (κ1) is 15.0. The Morgan fingerprint density at radius 2 is 2.14 bits per heavy atom. The van der Waals surface area contributed by atoms with Crippen LogP contribution in [0.2, 0.25) is 5.02 Å². The van der Waals surface area contributed by atoms with Crippen LogP contribution in [0.5, 0.6) is 0 Å². The quantitative estimate of drug-likeness (QED) is 0.693. The second-order valence-corrected chi connectivity index (χ2v) is 5.04. The molecule has 0 saturated heterocycles. The largest absolute Gasteiger partial charge is 0.307 e. The summed E-state index contributed by atoms with van der Waals surface area (Å²) in [5, 5.41) is 17.7. The van der Waals surface area contributed by atoms with Crippen molar-refractivity contribution in [2.45, 2.75) is 19.9 Å². The van der Waals surface area contributed by atoms with E-state index in [2.05, 4.69) is 10.4 Å². The molecule has 1 N–H and O–H groups in total. The van der Waals surface area contributed by atoms with Crippen LogP contribution < -0.4 is 5.32 Å². The first-order valence-electron chi connectivity index (χ1n) is 6.19. The molecule has 0 aliphatic carbocycles. The minimum absolute atomic E-state index is 0.0439. The van der Waals surface area contributed by atoms with Crippen molar-refractivity contribution in [2.75, 3.05) is 5.32 Å². The molecule has 0 bridgehead atoms. The molecule has 0 radical (unpaired) electrons. The summed E-state index contributed by atoms with van der Waals surface area (Å²) in [7, 11) is 0. The summed E-state index contributed by atoms with van der Waals surface area (Å²) in [6, 6.07) is 5.43. The Labute approximate surface area is 125 Å². The average molecular weight is 309 g/mol. The molecule has 1 aromatic carbocycles. The van der Waals surface area contributed by atoms with Crippen molar-refractivity contribution < 1.29 is 9.72 Å². The second-order valence-electron chi connectivity index (χ2n) is 4.63. The fourth-order valence-corrected chi connectivity index (χ4v) is 2.01. The van der Waals surface area contributed by atoms with Crippen molar-refractivity contribution in [2.24, 2.45) is 0 Å². The van der Waals surface area contributed by atoms with Crippen LogP contribution in [-0.2, 0) is 0 Å². The van der Waals surface area contributed by atoms with E-state index in [9.17, 15) is 14.9 Å². The molecule has 110 valence electrons. The molecule has 21 heavy (non-hydrogen) atoms. The van der Waals surface area contributed by atoms with Gasteiger partial charge in [-0.15, -0.1) is 0 Å². The van der Waals surface area contributed by atoms with Crippen LogP contribution in [-0.4, -0.2) is 20.6 Å². The van der Waals surface area contributed by atoms with E-state index >= 15 is 0 Å². The van der Waals surface area contributed by atoms with E-state index in [4.69, 9.17) is 11.6 Å². The molecule has 0 aliphatic rings. The van der Waals surface area contributed by atoms with Gasteiger partial charge in [0.2, 0.25) is 0 Å². The Balaban J connectivity index is 2.30. The van der Waals surface area contributed by atoms with E-state index in [1.165, 1.54) is 12.1 Å². The van der Waals surface area contributed by atoms with Gasteiger partial charge in [0.15, 0.2) is 0 Å². The summed E-state index contributed by atoms with van der Waals surface area (Å²) in [4.78, 5) is 22.4. The van der Waals surface area contributed by atoms with Crippen LogP contribution >= 0.6 is 11.6 Å². The zero-order valence-corrected chi connectivity index (χ0v) is 12.2. The molecular weight excluding hydrogens is 296 g/mol. The minimum Gasteiger partial charge on any atom is -0.307 e. The van der Waals surface area contributed by atoms with Crippen LogP contribution in [0.1, 0.15) is 30.2 Å². The molecule has 0 saturated carbocycles. The van der Waals surface area contributed by atoms with Gasteiger partial charge in [-0.1, -0.05) is 11.6 Å². The van der Waals surface area contributed by atoms with Crippen molar-refractivity contribution in [1.82, 2.24) is 9.78 Å². The number of carbonyl (C=O) groups excluding carboxylic acids is 1. The molecule has 1 heterocycles. The first-order valence-corrected chi connectivity index (χ1v) is 6.56. The van der Waals surface area contributed by atoms with E-state index < -0.39 is 10.8 Å². The Morgan fingerprint density at radius 3 is 2.76 bits per heavy atom. The van der Waals surface area contributed by atoms with E-state index in [1.807, 2.05) is 13.8 Å². The van der Waals surface area contributed by atoms with Crippen LogP contribution in [0.15, 0.2) is 30.5 Å². The molecule has 8 heteroatoms. The maximum atomic E-state index is 12.2. The van der Waals surface area contributed by atoms with Gasteiger partial charge in [-0.25, -0.2) is 4.68 Å². The highest BCUT2D eigenvalue weighted by atomic mass is 35.5. The number of nitro benzene ring substituents is 1. The number of nitro groups is 1. The highest BCUT2D eigenvalue weighted by Gasteiger charge is 2.17. The van der Waals surface area contributed by atoms with Gasteiger partial charge in [0, 0.05) is 24.2 Å². The molecule has 2 rings (SSSR count). The standard InChI is InChI=1S/C13H13ClN4O3/c1-8(2)17-12(5-6-15-17)16-13(19)10-7-9(18(20)21)3-4-11(10)14/h3-8H,1-2H3,(H,16,19). The SMILES string of the molecule is CC(C)n1nccc1NC(=O)c1cc([N+](=O)[O-])ccc1Cl. The number of nitrogens with one attached hydrogen (secondary N) is 1. The zero-order valence-electron chi connectivity index (χ0n) is 11.4. The van der Waals surface area contributed by atoms with Crippen LogP contribution in [0.4, 0.5) is 11.5 Å². The third kappa shape index (κ3) is 3.19. The lowest BCUT2D eigenvalue weighted by Gasteiger charge is -2.12. The van der Waals surface area contributed by atoms with Gasteiger partial charge in [-0.3, -0.25) is 14.9 Å². The van der Waals surface area contributed by atoms with Crippen LogP contribution in [0.25, 0.3) is 0 Å². The number of rotatable bonds is 4. The fraction of sp³-hybridized carbons (Fsp3) is 0.231. The molecular formula is C13H13ClN4O3. The summed E-state index contributed by atoms with van der Waals surface area (Å²) >= 11 is 5.93. The van der Waals surface area contributed by atoms with Gasteiger partial charge < -0.3 is 5.32 Å². The summed E-state index contributed by atoms with van der Waals surface area (Å²) in [6.45, 7) is 3.84. The number of aromatic nitrogens is 2. The number of halogens is 1. The lowest BCUT2D eigenvalue weighted by atomic mass is 10.2. The van der Waals surface area contributed by atoms with Crippen LogP contribution in [0, 0.1) is 10.1 Å². The number of carbonyl (C=O) groups is 1. The van der Waals surface area contributed by atoms with Crippen molar-refractivity contribution in [3.63, 3.8) is 0 Å². The van der Waals surface area contributed by atoms with E-state index in [1.54, 1.807) is 16.9 Å². The number of benzene rings is 1. The number of hydrogen-bond acceptors (Lipinski definition) is 4. The van der Waals surface area contributed by atoms with Gasteiger partial charge in [-0.2, -0.15) is 5.10 Å². The number of anilines is 1. The monoisotopic (exact) mass is 308 g/mol. The Hall–Kier alpha value is -2.41. The van der Waals surface area contributed by atoms with Gasteiger partial charge >= 0.3 is 0 Å². The predicted octanol–water partition coefficient (Wildman–Crippen LogP) is 3.28. The summed E-state index contributed by atoms with van der Waals surface area (Å²) in [5.41, 5.74) is -0.149. The molecule has 0 unspecified atom stereocenters. The van der Waals surface area contributed by atoms with E-state index in [0.29, 0.717) is 5.82 Å². The highest BCUT2D eigenvalue weighted by Crippen LogP contribution is 2.23. The molecule has 1 aromatic heterocycles. The molecule has 0 aliphatic heterocycles. The first-order chi connectivity index (χ1) is 9.90. The maximum absolute atomic E-state index is 12.2. The number of nitrogens with zero attached hydrogens (tertiary/aromatic N) is 3. The second kappa shape index (κ2) is 5.92. The van der Waals surface area contributed by atoms with E-state index in [0.717, 1.165) is 6.07 Å². The van der Waals surface area contributed by atoms with Crippen molar-refractivity contribution in [3.8, 4) is 0 Å². The molecule has 7 nitrogen and oxygen atoms in total. The summed E-state index contributed by atoms with van der Waals surface area (Å²) in [5.74, 6) is -0.0244. The number of hydrogen-bond donors (Lipinski definition) is 1. The van der Waals surface area contributed by atoms with Crippen molar-refractivity contribution in [3.05, 3.63) is 51.2 Å². The summed E-state index contributed by atoms with van der Waals surface area (Å²) in [6.07, 6.45) is 1.56. The lowest BCUT2D eigenvalue weighted by Crippen LogP contribution is -2.17. The maximum Gasteiger partial charge on any atom is 0.270 e.